The summed E-state index contributed by atoms with van der Waals surface area (Å²) >= 11 is 0. The number of anilines is 1. The molecule has 178 valence electrons. The molecule has 1 heterocycles. The molecule has 10 heteroatoms. The topological polar surface area (TPSA) is 127 Å². The molecule has 0 saturated carbocycles. The van der Waals surface area contributed by atoms with Gasteiger partial charge in [0, 0.05) is 17.8 Å². The Morgan fingerprint density at radius 1 is 0.914 bits per heavy atom. The second kappa shape index (κ2) is 11.3. The van der Waals surface area contributed by atoms with Crippen LogP contribution in [-0.2, 0) is 20.9 Å². The molecule has 0 bridgehead atoms. The molecule has 0 atom stereocenters. The van der Waals surface area contributed by atoms with Crippen LogP contribution in [0.3, 0.4) is 0 Å². The average Bonchev–Trinajstić information content (AvgIpc) is 3.35. The molecular formula is C25H22N4O6. The highest BCUT2D eigenvalue weighted by Gasteiger charge is 2.15. The molecular weight excluding hydrogens is 452 g/mol. The van der Waals surface area contributed by atoms with Crippen LogP contribution in [0.2, 0.25) is 0 Å². The maximum Gasteiger partial charge on any atom is 0.329 e. The van der Waals surface area contributed by atoms with E-state index in [0.717, 1.165) is 5.56 Å². The highest BCUT2D eigenvalue weighted by Crippen LogP contribution is 2.32. The molecule has 0 aromatic heterocycles. The molecule has 0 spiro atoms. The Kier molecular flexibility index (Phi) is 7.54. The Bertz CT molecular complexity index is 1250. The van der Waals surface area contributed by atoms with Crippen molar-refractivity contribution in [2.24, 2.45) is 5.10 Å². The van der Waals surface area contributed by atoms with Gasteiger partial charge in [-0.25, -0.2) is 5.43 Å². The number of carbonyl (C=O) groups excluding carboxylic acids is 3. The van der Waals surface area contributed by atoms with E-state index in [1.54, 1.807) is 54.6 Å². The summed E-state index contributed by atoms with van der Waals surface area (Å²) < 4.78 is 16.1. The van der Waals surface area contributed by atoms with Crippen molar-refractivity contribution >= 4 is 29.6 Å². The third kappa shape index (κ3) is 6.57. The van der Waals surface area contributed by atoms with Crippen LogP contribution in [0.15, 0.2) is 77.9 Å². The number of fused-ring (bicyclic) bond motifs is 1. The van der Waals surface area contributed by atoms with Gasteiger partial charge in [-0.2, -0.15) is 5.10 Å². The minimum absolute atomic E-state index is 0.133. The number of nitrogens with one attached hydrogen (secondary N) is 3. The molecule has 0 unspecified atom stereocenters. The molecule has 3 aromatic rings. The summed E-state index contributed by atoms with van der Waals surface area (Å²) in [5.41, 5.74) is 4.10. The van der Waals surface area contributed by atoms with Crippen LogP contribution in [0.5, 0.6) is 17.2 Å². The van der Waals surface area contributed by atoms with Crippen LogP contribution < -0.4 is 30.3 Å². The van der Waals surface area contributed by atoms with Crippen molar-refractivity contribution in [2.45, 2.75) is 6.54 Å². The summed E-state index contributed by atoms with van der Waals surface area (Å²) in [5.74, 6) is -0.488. The lowest BCUT2D eigenvalue weighted by molar-refractivity contribution is -0.139. The number of hydrogen-bond donors (Lipinski definition) is 3. The smallest absolute Gasteiger partial charge is 0.329 e. The van der Waals surface area contributed by atoms with Gasteiger partial charge in [0.05, 0.1) is 6.21 Å². The second-order valence-corrected chi connectivity index (χ2v) is 7.31. The first-order valence-electron chi connectivity index (χ1n) is 10.6. The van der Waals surface area contributed by atoms with Crippen LogP contribution in [0.4, 0.5) is 5.69 Å². The fraction of sp³-hybridized carbons (Fsp3) is 0.120. The van der Waals surface area contributed by atoms with E-state index in [0.29, 0.717) is 28.5 Å². The molecule has 0 aliphatic carbocycles. The normalized spacial score (nSPS) is 11.7. The molecule has 1 aliphatic rings. The van der Waals surface area contributed by atoms with Crippen LogP contribution in [0, 0.1) is 0 Å². The zero-order chi connectivity index (χ0) is 24.5. The number of carbonyl (C=O) groups is 3. The lowest BCUT2D eigenvalue weighted by atomic mass is 10.2. The standard InChI is InChI=1S/C25H22N4O6/c30-23(28-19-7-2-1-3-8-19)15-33-20-9-5-4-6-18(20)14-27-29-25(32)24(31)26-13-17-10-11-21-22(12-17)35-16-34-21/h1-12,14H,13,15-16H2,(H,26,31)(H,28,30)(H,29,32)/b27-14-. The van der Waals surface area contributed by atoms with Gasteiger partial charge in [0.25, 0.3) is 5.91 Å². The third-order valence-electron chi connectivity index (χ3n) is 4.80. The summed E-state index contributed by atoms with van der Waals surface area (Å²) in [5, 5.41) is 9.06. The zero-order valence-corrected chi connectivity index (χ0v) is 18.5. The van der Waals surface area contributed by atoms with E-state index < -0.39 is 11.8 Å². The van der Waals surface area contributed by atoms with Gasteiger partial charge in [-0.1, -0.05) is 36.4 Å². The van der Waals surface area contributed by atoms with Crippen LogP contribution in [-0.4, -0.2) is 37.3 Å². The monoisotopic (exact) mass is 474 g/mol. The molecule has 3 amide bonds. The van der Waals surface area contributed by atoms with Crippen LogP contribution in [0.1, 0.15) is 11.1 Å². The Morgan fingerprint density at radius 2 is 1.69 bits per heavy atom. The van der Waals surface area contributed by atoms with Gasteiger partial charge in [0.15, 0.2) is 18.1 Å². The van der Waals surface area contributed by atoms with E-state index in [9.17, 15) is 14.4 Å². The molecule has 35 heavy (non-hydrogen) atoms. The zero-order valence-electron chi connectivity index (χ0n) is 18.5. The summed E-state index contributed by atoms with van der Waals surface area (Å²) in [6.45, 7) is 0.0727. The first-order chi connectivity index (χ1) is 17.1. The lowest BCUT2D eigenvalue weighted by Gasteiger charge is -2.09. The van der Waals surface area contributed by atoms with E-state index in [-0.39, 0.29) is 25.9 Å². The summed E-state index contributed by atoms with van der Waals surface area (Å²) in [6.07, 6.45) is 1.33. The number of hydrazone groups is 1. The largest absolute Gasteiger partial charge is 0.483 e. The molecule has 3 aromatic carbocycles. The number of para-hydroxylation sites is 2. The Hall–Kier alpha value is -4.86. The van der Waals surface area contributed by atoms with Crippen molar-refractivity contribution in [2.75, 3.05) is 18.7 Å². The van der Waals surface area contributed by atoms with E-state index in [2.05, 4.69) is 21.2 Å². The Labute approximate surface area is 200 Å². The van der Waals surface area contributed by atoms with Gasteiger partial charge in [0.2, 0.25) is 6.79 Å². The van der Waals surface area contributed by atoms with Crippen molar-refractivity contribution < 1.29 is 28.6 Å². The summed E-state index contributed by atoms with van der Waals surface area (Å²) in [4.78, 5) is 36.2. The SMILES string of the molecule is O=C(COc1ccccc1/C=N\NC(=O)C(=O)NCc1ccc2c(c1)OCO2)Nc1ccccc1. The molecule has 4 rings (SSSR count). The lowest BCUT2D eigenvalue weighted by Crippen LogP contribution is -2.37. The first kappa shape index (κ1) is 23.3. The highest BCUT2D eigenvalue weighted by molar-refractivity contribution is 6.35. The van der Waals surface area contributed by atoms with Crippen molar-refractivity contribution in [3.05, 3.63) is 83.9 Å². The molecule has 3 N–H and O–H groups in total. The van der Waals surface area contributed by atoms with Gasteiger partial charge in [-0.3, -0.25) is 14.4 Å². The Morgan fingerprint density at radius 3 is 2.54 bits per heavy atom. The van der Waals surface area contributed by atoms with Gasteiger partial charge in [0.1, 0.15) is 5.75 Å². The first-order valence-corrected chi connectivity index (χ1v) is 10.6. The van der Waals surface area contributed by atoms with E-state index >= 15 is 0 Å². The fourth-order valence-electron chi connectivity index (χ4n) is 3.11. The van der Waals surface area contributed by atoms with Crippen molar-refractivity contribution in [3.63, 3.8) is 0 Å². The predicted octanol–water partition coefficient (Wildman–Crippen LogP) is 2.20. The number of nitrogens with zero attached hydrogens (tertiary/aromatic N) is 1. The number of hydrogen-bond acceptors (Lipinski definition) is 7. The van der Waals surface area contributed by atoms with Crippen molar-refractivity contribution in [3.8, 4) is 17.2 Å². The van der Waals surface area contributed by atoms with Gasteiger partial charge in [-0.05, 0) is 42.0 Å². The molecule has 0 radical (unpaired) electrons. The van der Waals surface area contributed by atoms with Crippen LogP contribution in [0.25, 0.3) is 0 Å². The third-order valence-corrected chi connectivity index (χ3v) is 4.80. The Balaban J connectivity index is 1.25. The quantitative estimate of drug-likeness (QED) is 0.261. The average molecular weight is 474 g/mol. The van der Waals surface area contributed by atoms with E-state index in [4.69, 9.17) is 14.2 Å². The molecule has 0 fully saturated rings. The number of amides is 3. The number of ether oxygens (including phenoxy) is 3. The maximum atomic E-state index is 12.1. The van der Waals surface area contributed by atoms with Crippen LogP contribution >= 0.6 is 0 Å². The minimum Gasteiger partial charge on any atom is -0.483 e. The number of rotatable bonds is 8. The maximum absolute atomic E-state index is 12.1. The van der Waals surface area contributed by atoms with Crippen molar-refractivity contribution in [1.29, 1.82) is 0 Å². The summed E-state index contributed by atoms with van der Waals surface area (Å²) in [7, 11) is 0. The van der Waals surface area contributed by atoms with Gasteiger partial charge < -0.3 is 24.8 Å². The van der Waals surface area contributed by atoms with E-state index in [1.807, 2.05) is 18.2 Å². The molecule has 0 saturated heterocycles. The van der Waals surface area contributed by atoms with E-state index in [1.165, 1.54) is 6.21 Å². The minimum atomic E-state index is -0.928. The van der Waals surface area contributed by atoms with Crippen molar-refractivity contribution in [1.82, 2.24) is 10.7 Å². The van der Waals surface area contributed by atoms with Gasteiger partial charge in [-0.15, -0.1) is 0 Å². The van der Waals surface area contributed by atoms with Gasteiger partial charge >= 0.3 is 11.8 Å². The molecule has 10 nitrogen and oxygen atoms in total. The fourth-order valence-corrected chi connectivity index (χ4v) is 3.11. The summed E-state index contributed by atoms with van der Waals surface area (Å²) in [6, 6.07) is 21.1. The second-order valence-electron chi connectivity index (χ2n) is 7.31. The number of benzene rings is 3. The predicted molar refractivity (Wildman–Crippen MR) is 127 cm³/mol. The molecule has 1 aliphatic heterocycles. The highest BCUT2D eigenvalue weighted by atomic mass is 16.7.